The van der Waals surface area contributed by atoms with Gasteiger partial charge >= 0.3 is 11.9 Å². The molecule has 1 aliphatic carbocycles. The van der Waals surface area contributed by atoms with Gasteiger partial charge in [-0.2, -0.15) is 13.5 Å². The van der Waals surface area contributed by atoms with Crippen molar-refractivity contribution in [2.45, 2.75) is 89.4 Å². The summed E-state index contributed by atoms with van der Waals surface area (Å²) in [4.78, 5) is 40.7. The maximum absolute atomic E-state index is 13.9. The third kappa shape index (κ3) is 8.38. The molecule has 1 saturated carbocycles. The third-order valence-corrected chi connectivity index (χ3v) is 7.94. The van der Waals surface area contributed by atoms with Crippen molar-refractivity contribution in [2.75, 3.05) is 0 Å². The van der Waals surface area contributed by atoms with Gasteiger partial charge < -0.3 is 14.6 Å². The molecule has 4 atom stereocenters. The Hall–Kier alpha value is -3.84. The topological polar surface area (TPSA) is 174 Å². The van der Waals surface area contributed by atoms with E-state index in [1.54, 1.807) is 60.6 Å². The minimum Gasteiger partial charge on any atom is -0.460 e. The molecule has 0 radical (unpaired) electrons. The number of nitro groups is 1. The van der Waals surface area contributed by atoms with Crippen LogP contribution in [0.25, 0.3) is 0 Å². The number of non-ortho nitro benzene ring substituents is 1. The van der Waals surface area contributed by atoms with Gasteiger partial charge in [-0.1, -0.05) is 29.8 Å². The molecule has 0 saturated heterocycles. The molecule has 2 aromatic rings. The zero-order chi connectivity index (χ0) is 32.5. The predicted molar refractivity (Wildman–Crippen MR) is 159 cm³/mol. The molecular formula is C30H39N3O9S. The van der Waals surface area contributed by atoms with Gasteiger partial charge in [0.1, 0.15) is 17.1 Å². The van der Waals surface area contributed by atoms with Crippen LogP contribution in [0.1, 0.15) is 71.9 Å². The highest BCUT2D eigenvalue weighted by molar-refractivity contribution is 7.89. The lowest BCUT2D eigenvalue weighted by Crippen LogP contribution is -2.56. The van der Waals surface area contributed by atoms with Gasteiger partial charge in [0.05, 0.1) is 27.0 Å². The van der Waals surface area contributed by atoms with E-state index in [9.17, 15) is 33.2 Å². The van der Waals surface area contributed by atoms with Crippen LogP contribution in [0.3, 0.4) is 0 Å². The van der Waals surface area contributed by atoms with Crippen molar-refractivity contribution in [1.29, 1.82) is 0 Å². The van der Waals surface area contributed by atoms with Crippen LogP contribution in [0.5, 0.6) is 0 Å². The standard InChI is InChI=1S/C30H39N3O9S/c1-18-12-14-21(15-13-18)43(39,40)32-31-22-17-30(8,36)25(27(35)42-29(5,6)7)23(24(22)26(34)41-28(2,3)4)19-10-9-11-20(16-19)33(37)38/h9-16,23-25,32,36H,17H2,1-8H3/b31-22+. The minimum atomic E-state index is -4.20. The Kier molecular flexibility index (Phi) is 9.42. The Balaban J connectivity index is 2.27. The highest BCUT2D eigenvalue weighted by Gasteiger charge is 2.57. The first kappa shape index (κ1) is 33.7. The number of hydrazone groups is 1. The summed E-state index contributed by atoms with van der Waals surface area (Å²) in [6.45, 7) is 13.0. The second-order valence-electron chi connectivity index (χ2n) is 12.9. The minimum absolute atomic E-state index is 0.0827. The Labute approximate surface area is 251 Å². The monoisotopic (exact) mass is 617 g/mol. The maximum Gasteiger partial charge on any atom is 0.315 e. The number of aliphatic hydroxyl groups is 1. The highest BCUT2D eigenvalue weighted by Crippen LogP contribution is 2.48. The number of ether oxygens (including phenoxy) is 2. The lowest BCUT2D eigenvalue weighted by Gasteiger charge is -2.46. The molecular weight excluding hydrogens is 578 g/mol. The van der Waals surface area contributed by atoms with E-state index in [1.807, 2.05) is 0 Å². The largest absolute Gasteiger partial charge is 0.460 e. The van der Waals surface area contributed by atoms with E-state index < -0.39 is 67.9 Å². The number of benzene rings is 2. The fraction of sp³-hybridized carbons (Fsp3) is 0.500. The van der Waals surface area contributed by atoms with Crippen molar-refractivity contribution < 1.29 is 37.5 Å². The maximum atomic E-state index is 13.9. The first-order valence-corrected chi connectivity index (χ1v) is 15.2. The second kappa shape index (κ2) is 12.0. The van der Waals surface area contributed by atoms with Crippen molar-refractivity contribution in [3.05, 3.63) is 69.8 Å². The SMILES string of the molecule is Cc1ccc(S(=O)(=O)N/N=C2\CC(C)(O)C(C(=O)OC(C)(C)C)C(c3cccc([N+](=O)[O-])c3)C2C(=O)OC(C)(C)C)cc1. The number of carbonyl (C=O) groups is 2. The molecule has 234 valence electrons. The molecule has 0 aromatic heterocycles. The molecule has 12 nitrogen and oxygen atoms in total. The quantitative estimate of drug-likeness (QED) is 0.259. The van der Waals surface area contributed by atoms with Gasteiger partial charge in [-0.15, -0.1) is 0 Å². The van der Waals surface area contributed by atoms with Crippen LogP contribution < -0.4 is 4.83 Å². The van der Waals surface area contributed by atoms with Gasteiger partial charge in [0.15, 0.2) is 0 Å². The number of aryl methyl sites for hydroxylation is 1. The molecule has 2 N–H and O–H groups in total. The molecule has 1 aliphatic rings. The Morgan fingerprint density at radius 3 is 2.12 bits per heavy atom. The van der Waals surface area contributed by atoms with E-state index >= 15 is 0 Å². The van der Waals surface area contributed by atoms with E-state index in [1.165, 1.54) is 43.3 Å². The Bertz CT molecular complexity index is 1520. The normalized spacial score (nSPS) is 23.8. The van der Waals surface area contributed by atoms with Crippen LogP contribution in [-0.4, -0.2) is 52.9 Å². The molecule has 2 aromatic carbocycles. The number of esters is 2. The smallest absolute Gasteiger partial charge is 0.315 e. The molecule has 1 fully saturated rings. The third-order valence-electron chi connectivity index (χ3n) is 6.71. The Morgan fingerprint density at radius 2 is 1.58 bits per heavy atom. The van der Waals surface area contributed by atoms with Crippen LogP contribution in [0, 0.1) is 28.9 Å². The number of nitro benzene ring substituents is 1. The fourth-order valence-corrected chi connectivity index (χ4v) is 5.85. The van der Waals surface area contributed by atoms with Crippen molar-refractivity contribution >= 4 is 33.4 Å². The van der Waals surface area contributed by atoms with Crippen LogP contribution in [-0.2, 0) is 29.1 Å². The molecule has 0 amide bonds. The average Bonchev–Trinajstić information content (AvgIpc) is 2.84. The van der Waals surface area contributed by atoms with Gasteiger partial charge in [0.2, 0.25) is 0 Å². The number of rotatable bonds is 7. The predicted octanol–water partition coefficient (Wildman–Crippen LogP) is 4.39. The summed E-state index contributed by atoms with van der Waals surface area (Å²) in [5, 5.41) is 27.5. The van der Waals surface area contributed by atoms with Crippen LogP contribution in [0.2, 0.25) is 0 Å². The first-order valence-electron chi connectivity index (χ1n) is 13.7. The molecule has 0 bridgehead atoms. The summed E-state index contributed by atoms with van der Waals surface area (Å²) in [5.74, 6) is -5.84. The summed E-state index contributed by atoms with van der Waals surface area (Å²) >= 11 is 0. The summed E-state index contributed by atoms with van der Waals surface area (Å²) in [6.07, 6.45) is -0.414. The molecule has 43 heavy (non-hydrogen) atoms. The van der Waals surface area contributed by atoms with Gasteiger partial charge in [0, 0.05) is 24.5 Å². The van der Waals surface area contributed by atoms with Crippen molar-refractivity contribution in [1.82, 2.24) is 4.83 Å². The summed E-state index contributed by atoms with van der Waals surface area (Å²) < 4.78 is 37.6. The molecule has 4 unspecified atom stereocenters. The molecule has 0 aliphatic heterocycles. The zero-order valence-electron chi connectivity index (χ0n) is 25.6. The van der Waals surface area contributed by atoms with Crippen LogP contribution >= 0.6 is 0 Å². The first-order chi connectivity index (χ1) is 19.6. The van der Waals surface area contributed by atoms with E-state index in [0.29, 0.717) is 0 Å². The summed E-state index contributed by atoms with van der Waals surface area (Å²) in [7, 11) is -4.20. The van der Waals surface area contributed by atoms with Crippen molar-refractivity contribution in [3.8, 4) is 0 Å². The van der Waals surface area contributed by atoms with Gasteiger partial charge in [-0.25, -0.2) is 4.83 Å². The average molecular weight is 618 g/mol. The second-order valence-corrected chi connectivity index (χ2v) is 14.6. The molecule has 0 heterocycles. The summed E-state index contributed by atoms with van der Waals surface area (Å²) in [5.41, 5.74) is -3.33. The van der Waals surface area contributed by atoms with E-state index in [4.69, 9.17) is 9.47 Å². The van der Waals surface area contributed by atoms with Crippen molar-refractivity contribution in [3.63, 3.8) is 0 Å². The summed E-state index contributed by atoms with van der Waals surface area (Å²) in [6, 6.07) is 11.3. The number of carbonyl (C=O) groups excluding carboxylic acids is 2. The number of hydrogen-bond donors (Lipinski definition) is 2. The lowest BCUT2D eigenvalue weighted by atomic mass is 9.61. The van der Waals surface area contributed by atoms with Crippen LogP contribution in [0.4, 0.5) is 5.69 Å². The van der Waals surface area contributed by atoms with Gasteiger partial charge in [0.25, 0.3) is 15.7 Å². The number of hydrogen-bond acceptors (Lipinski definition) is 10. The number of nitrogens with zero attached hydrogens (tertiary/aromatic N) is 2. The molecule has 0 spiro atoms. The van der Waals surface area contributed by atoms with E-state index in [2.05, 4.69) is 9.93 Å². The fourth-order valence-electron chi connectivity index (χ4n) is 5.02. The zero-order valence-corrected chi connectivity index (χ0v) is 26.4. The lowest BCUT2D eigenvalue weighted by molar-refractivity contribution is -0.385. The number of sulfonamides is 1. The highest BCUT2D eigenvalue weighted by atomic mass is 32.2. The van der Waals surface area contributed by atoms with Gasteiger partial charge in [-0.05, 0) is 73.1 Å². The molecule has 3 rings (SSSR count). The van der Waals surface area contributed by atoms with E-state index in [-0.39, 0.29) is 21.9 Å². The molecule has 13 heteroatoms. The Morgan fingerprint density at radius 1 is 1.02 bits per heavy atom. The van der Waals surface area contributed by atoms with Crippen LogP contribution in [0.15, 0.2) is 58.5 Å². The van der Waals surface area contributed by atoms with Crippen molar-refractivity contribution in [2.24, 2.45) is 16.9 Å². The van der Waals surface area contributed by atoms with Gasteiger partial charge in [-0.3, -0.25) is 19.7 Å². The number of nitrogens with one attached hydrogen (secondary N) is 1. The van der Waals surface area contributed by atoms with E-state index in [0.717, 1.165) is 5.56 Å².